The molecule has 98 valence electrons. The van der Waals surface area contributed by atoms with Crippen LogP contribution >= 0.6 is 15.9 Å². The molecule has 1 aromatic carbocycles. The third-order valence-corrected chi connectivity index (χ3v) is 4.49. The third-order valence-electron chi connectivity index (χ3n) is 3.88. The van der Waals surface area contributed by atoms with Crippen molar-refractivity contribution in [1.29, 1.82) is 0 Å². The summed E-state index contributed by atoms with van der Waals surface area (Å²) in [6.45, 7) is 2.08. The van der Waals surface area contributed by atoms with Crippen molar-refractivity contribution in [2.45, 2.75) is 31.0 Å². The number of halogens is 2. The molecule has 2 aliphatic carbocycles. The highest BCUT2D eigenvalue weighted by Crippen LogP contribution is 2.37. The highest BCUT2D eigenvalue weighted by molar-refractivity contribution is 9.08. The SMILES string of the molecule is Fc1cccc(CBr)c1N(CC1CC1)CC1CC1. The van der Waals surface area contributed by atoms with Gasteiger partial charge in [0.05, 0.1) is 5.69 Å². The zero-order valence-corrected chi connectivity index (χ0v) is 12.1. The van der Waals surface area contributed by atoms with E-state index in [2.05, 4.69) is 20.8 Å². The maximum atomic E-state index is 14.2. The molecule has 18 heavy (non-hydrogen) atoms. The van der Waals surface area contributed by atoms with Gasteiger partial charge in [0, 0.05) is 18.4 Å². The molecule has 0 N–H and O–H groups in total. The summed E-state index contributed by atoms with van der Waals surface area (Å²) >= 11 is 3.48. The molecule has 0 unspecified atom stereocenters. The Bertz CT molecular complexity index is 413. The number of anilines is 1. The number of hydrogen-bond acceptors (Lipinski definition) is 1. The standard InChI is InChI=1S/C15H19BrFN/c16-8-13-2-1-3-14(17)15(13)18(9-11-4-5-11)10-12-6-7-12/h1-3,11-12H,4-10H2. The van der Waals surface area contributed by atoms with E-state index in [0.717, 1.165) is 41.5 Å². The fraction of sp³-hybridized carbons (Fsp3) is 0.600. The summed E-state index contributed by atoms with van der Waals surface area (Å²) in [5.41, 5.74) is 1.92. The molecule has 3 rings (SSSR count). The molecule has 0 aromatic heterocycles. The smallest absolute Gasteiger partial charge is 0.146 e. The molecule has 0 aliphatic heterocycles. The second-order valence-corrected chi connectivity index (χ2v) is 6.23. The molecule has 2 fully saturated rings. The van der Waals surface area contributed by atoms with Gasteiger partial charge in [0.2, 0.25) is 0 Å². The largest absolute Gasteiger partial charge is 0.368 e. The van der Waals surface area contributed by atoms with Gasteiger partial charge in [0.25, 0.3) is 0 Å². The molecule has 1 aromatic rings. The Kier molecular flexibility index (Phi) is 3.60. The van der Waals surface area contributed by atoms with Crippen molar-refractivity contribution in [1.82, 2.24) is 0 Å². The first-order valence-corrected chi connectivity index (χ1v) is 7.98. The number of hydrogen-bond donors (Lipinski definition) is 0. The van der Waals surface area contributed by atoms with Crippen LogP contribution in [-0.2, 0) is 5.33 Å². The minimum absolute atomic E-state index is 0.0618. The van der Waals surface area contributed by atoms with Crippen molar-refractivity contribution in [2.24, 2.45) is 11.8 Å². The Labute approximate surface area is 116 Å². The average molecular weight is 312 g/mol. The monoisotopic (exact) mass is 311 g/mol. The normalized spacial score (nSPS) is 19.0. The number of para-hydroxylation sites is 1. The molecule has 0 heterocycles. The molecule has 1 nitrogen and oxygen atoms in total. The van der Waals surface area contributed by atoms with Crippen LogP contribution in [0.2, 0.25) is 0 Å². The van der Waals surface area contributed by atoms with Gasteiger partial charge in [0.15, 0.2) is 0 Å². The maximum absolute atomic E-state index is 14.2. The van der Waals surface area contributed by atoms with E-state index < -0.39 is 0 Å². The topological polar surface area (TPSA) is 3.24 Å². The van der Waals surface area contributed by atoms with E-state index in [1.807, 2.05) is 12.1 Å². The number of alkyl halides is 1. The molecule has 0 atom stereocenters. The zero-order chi connectivity index (χ0) is 12.5. The van der Waals surface area contributed by atoms with Crippen LogP contribution in [0.3, 0.4) is 0 Å². The second-order valence-electron chi connectivity index (χ2n) is 5.67. The lowest BCUT2D eigenvalue weighted by atomic mass is 10.1. The van der Waals surface area contributed by atoms with Crippen LogP contribution in [0.4, 0.5) is 10.1 Å². The lowest BCUT2D eigenvalue weighted by Gasteiger charge is -2.27. The van der Waals surface area contributed by atoms with Crippen LogP contribution < -0.4 is 4.90 Å². The average Bonchev–Trinajstić information content (AvgIpc) is 3.23. The highest BCUT2D eigenvalue weighted by atomic mass is 79.9. The van der Waals surface area contributed by atoms with Crippen molar-refractivity contribution in [3.05, 3.63) is 29.6 Å². The van der Waals surface area contributed by atoms with E-state index in [9.17, 15) is 4.39 Å². The van der Waals surface area contributed by atoms with Crippen LogP contribution in [0.15, 0.2) is 18.2 Å². The predicted molar refractivity (Wildman–Crippen MR) is 76.7 cm³/mol. The van der Waals surface area contributed by atoms with Gasteiger partial charge in [-0.2, -0.15) is 0 Å². The van der Waals surface area contributed by atoms with Crippen LogP contribution in [0.5, 0.6) is 0 Å². The van der Waals surface area contributed by atoms with Crippen molar-refractivity contribution in [3.8, 4) is 0 Å². The molecule has 0 radical (unpaired) electrons. The van der Waals surface area contributed by atoms with Crippen molar-refractivity contribution in [3.63, 3.8) is 0 Å². The molecule has 0 spiro atoms. The summed E-state index contributed by atoms with van der Waals surface area (Å²) in [4.78, 5) is 2.31. The Morgan fingerprint density at radius 1 is 1.11 bits per heavy atom. The van der Waals surface area contributed by atoms with E-state index >= 15 is 0 Å². The fourth-order valence-corrected chi connectivity index (χ4v) is 2.96. The highest BCUT2D eigenvalue weighted by Gasteiger charge is 2.31. The molecule has 0 saturated heterocycles. The summed E-state index contributed by atoms with van der Waals surface area (Å²) in [5.74, 6) is 1.53. The Morgan fingerprint density at radius 2 is 1.72 bits per heavy atom. The van der Waals surface area contributed by atoms with Crippen LogP contribution in [0.25, 0.3) is 0 Å². The van der Waals surface area contributed by atoms with Crippen LogP contribution in [0, 0.1) is 17.7 Å². The van der Waals surface area contributed by atoms with Gasteiger partial charge in [-0.15, -0.1) is 0 Å². The van der Waals surface area contributed by atoms with Crippen LogP contribution in [-0.4, -0.2) is 13.1 Å². The lowest BCUT2D eigenvalue weighted by Crippen LogP contribution is -2.29. The third kappa shape index (κ3) is 2.87. The summed E-state index contributed by atoms with van der Waals surface area (Å²) in [5, 5.41) is 0.728. The number of nitrogens with zero attached hydrogens (tertiary/aromatic N) is 1. The lowest BCUT2D eigenvalue weighted by molar-refractivity contribution is 0.601. The molecular formula is C15H19BrFN. The van der Waals surface area contributed by atoms with Crippen LogP contribution in [0.1, 0.15) is 31.2 Å². The first kappa shape index (κ1) is 12.5. The summed E-state index contributed by atoms with van der Waals surface area (Å²) in [6, 6.07) is 5.43. The Hall–Kier alpha value is -0.570. The van der Waals surface area contributed by atoms with Crippen molar-refractivity contribution in [2.75, 3.05) is 18.0 Å². The van der Waals surface area contributed by atoms with Gasteiger partial charge in [0.1, 0.15) is 5.82 Å². The van der Waals surface area contributed by atoms with Gasteiger partial charge < -0.3 is 4.90 Å². The summed E-state index contributed by atoms with van der Waals surface area (Å²) in [6.07, 6.45) is 5.27. The molecular weight excluding hydrogens is 293 g/mol. The van der Waals surface area contributed by atoms with E-state index in [4.69, 9.17) is 0 Å². The molecule has 2 aliphatic rings. The summed E-state index contributed by atoms with van der Waals surface area (Å²) in [7, 11) is 0. The molecule has 3 heteroatoms. The van der Waals surface area contributed by atoms with Gasteiger partial charge in [-0.25, -0.2) is 4.39 Å². The fourth-order valence-electron chi connectivity index (χ4n) is 2.50. The quantitative estimate of drug-likeness (QED) is 0.706. The first-order chi connectivity index (χ1) is 8.78. The van der Waals surface area contributed by atoms with Crippen molar-refractivity contribution < 1.29 is 4.39 Å². The van der Waals surface area contributed by atoms with Gasteiger partial charge in [-0.3, -0.25) is 0 Å². The Balaban J connectivity index is 1.86. The second kappa shape index (κ2) is 5.20. The number of rotatable bonds is 6. The number of benzene rings is 1. The minimum Gasteiger partial charge on any atom is -0.368 e. The Morgan fingerprint density at radius 3 is 2.22 bits per heavy atom. The van der Waals surface area contributed by atoms with E-state index in [1.165, 1.54) is 25.7 Å². The van der Waals surface area contributed by atoms with E-state index in [-0.39, 0.29) is 5.82 Å². The minimum atomic E-state index is -0.0618. The first-order valence-electron chi connectivity index (χ1n) is 6.86. The summed E-state index contributed by atoms with van der Waals surface area (Å²) < 4.78 is 14.2. The zero-order valence-electron chi connectivity index (χ0n) is 10.5. The van der Waals surface area contributed by atoms with Crippen molar-refractivity contribution >= 4 is 21.6 Å². The van der Waals surface area contributed by atoms with Gasteiger partial charge >= 0.3 is 0 Å². The predicted octanol–water partition coefficient (Wildman–Crippen LogP) is 4.35. The maximum Gasteiger partial charge on any atom is 0.146 e. The van der Waals surface area contributed by atoms with Gasteiger partial charge in [-0.1, -0.05) is 28.1 Å². The molecule has 0 amide bonds. The van der Waals surface area contributed by atoms with E-state index in [1.54, 1.807) is 6.07 Å². The van der Waals surface area contributed by atoms with Gasteiger partial charge in [-0.05, 0) is 49.1 Å². The molecule has 0 bridgehead atoms. The van der Waals surface area contributed by atoms with E-state index in [0.29, 0.717) is 0 Å². The molecule has 2 saturated carbocycles.